The molecule has 11 heavy (non-hydrogen) atoms. The molecule has 2 unspecified atom stereocenters. The fourth-order valence-electron chi connectivity index (χ4n) is 1.48. The van der Waals surface area contributed by atoms with Crippen LogP contribution in [0.25, 0.3) is 0 Å². The zero-order chi connectivity index (χ0) is 8.10. The summed E-state index contributed by atoms with van der Waals surface area (Å²) in [6.45, 7) is 2.81. The maximum atomic E-state index is 10.3. The van der Waals surface area contributed by atoms with Gasteiger partial charge in [0.05, 0.1) is 12.7 Å². The van der Waals surface area contributed by atoms with Gasteiger partial charge < -0.3 is 9.53 Å². The van der Waals surface area contributed by atoms with Crippen molar-refractivity contribution < 1.29 is 9.53 Å². The summed E-state index contributed by atoms with van der Waals surface area (Å²) < 4.78 is 5.49. The summed E-state index contributed by atoms with van der Waals surface area (Å²) in [6, 6.07) is 0. The minimum atomic E-state index is 0.170. The quantitative estimate of drug-likeness (QED) is 0.582. The van der Waals surface area contributed by atoms with Crippen LogP contribution in [0.4, 0.5) is 0 Å². The third-order valence-electron chi connectivity index (χ3n) is 2.21. The van der Waals surface area contributed by atoms with Crippen molar-refractivity contribution in [1.82, 2.24) is 0 Å². The van der Waals surface area contributed by atoms with Crippen molar-refractivity contribution in [3.63, 3.8) is 0 Å². The van der Waals surface area contributed by atoms with Crippen LogP contribution in [0.15, 0.2) is 0 Å². The zero-order valence-corrected chi connectivity index (χ0v) is 7.08. The first-order valence-electron chi connectivity index (χ1n) is 4.43. The van der Waals surface area contributed by atoms with Crippen LogP contribution >= 0.6 is 0 Å². The molecule has 2 atom stereocenters. The molecule has 0 N–H and O–H groups in total. The Labute approximate surface area is 67.9 Å². The van der Waals surface area contributed by atoms with Crippen molar-refractivity contribution in [1.29, 1.82) is 0 Å². The Balaban J connectivity index is 2.18. The summed E-state index contributed by atoms with van der Waals surface area (Å²) in [7, 11) is 0. The van der Waals surface area contributed by atoms with E-state index in [1.165, 1.54) is 6.42 Å². The first kappa shape index (κ1) is 8.72. The molecule has 0 radical (unpaired) electrons. The second-order valence-corrected chi connectivity index (χ2v) is 3.22. The maximum Gasteiger partial charge on any atom is 0.125 e. The highest BCUT2D eigenvalue weighted by molar-refractivity contribution is 5.53. The van der Waals surface area contributed by atoms with Gasteiger partial charge in [-0.05, 0) is 19.3 Å². The lowest BCUT2D eigenvalue weighted by atomic mass is 9.98. The molecule has 0 aromatic rings. The molecule has 1 saturated heterocycles. The van der Waals surface area contributed by atoms with E-state index in [4.69, 9.17) is 4.74 Å². The van der Waals surface area contributed by atoms with Gasteiger partial charge in [0, 0.05) is 5.92 Å². The summed E-state index contributed by atoms with van der Waals surface area (Å²) in [6.07, 6.45) is 5.85. The van der Waals surface area contributed by atoms with E-state index in [1.807, 2.05) is 0 Å². The summed E-state index contributed by atoms with van der Waals surface area (Å²) in [5.74, 6) is 0.170. The van der Waals surface area contributed by atoms with Gasteiger partial charge in [0.1, 0.15) is 6.29 Å². The van der Waals surface area contributed by atoms with E-state index in [9.17, 15) is 4.79 Å². The lowest BCUT2D eigenvalue weighted by Crippen LogP contribution is -2.26. The largest absolute Gasteiger partial charge is 0.377 e. The monoisotopic (exact) mass is 156 g/mol. The van der Waals surface area contributed by atoms with E-state index in [-0.39, 0.29) is 5.92 Å². The number of hydrogen-bond acceptors (Lipinski definition) is 2. The topological polar surface area (TPSA) is 26.3 Å². The highest BCUT2D eigenvalue weighted by Crippen LogP contribution is 2.20. The molecule has 0 saturated carbocycles. The normalized spacial score (nSPS) is 31.7. The molecule has 1 aliphatic heterocycles. The number of hydrogen-bond donors (Lipinski definition) is 0. The molecule has 1 heterocycles. The summed E-state index contributed by atoms with van der Waals surface area (Å²) in [5, 5.41) is 0. The van der Waals surface area contributed by atoms with Gasteiger partial charge in [-0.15, -0.1) is 0 Å². The Bertz CT molecular complexity index is 115. The molecule has 1 aliphatic rings. The molecule has 0 aromatic carbocycles. The predicted octanol–water partition coefficient (Wildman–Crippen LogP) is 1.78. The number of carbonyl (C=O) groups is 1. The van der Waals surface area contributed by atoms with Crippen molar-refractivity contribution in [2.45, 2.75) is 38.7 Å². The summed E-state index contributed by atoms with van der Waals surface area (Å²) in [5.41, 5.74) is 0. The Morgan fingerprint density at radius 3 is 2.82 bits per heavy atom. The third kappa shape index (κ3) is 2.62. The predicted molar refractivity (Wildman–Crippen MR) is 43.4 cm³/mol. The summed E-state index contributed by atoms with van der Waals surface area (Å²) >= 11 is 0. The second-order valence-electron chi connectivity index (χ2n) is 3.22. The van der Waals surface area contributed by atoms with Gasteiger partial charge in [-0.3, -0.25) is 0 Å². The minimum Gasteiger partial charge on any atom is -0.377 e. The SMILES string of the molecule is CCCC1CCC(C=O)CO1. The smallest absolute Gasteiger partial charge is 0.125 e. The van der Waals surface area contributed by atoms with Crippen LogP contribution in [0, 0.1) is 5.92 Å². The van der Waals surface area contributed by atoms with Crippen LogP contribution in [-0.2, 0) is 9.53 Å². The van der Waals surface area contributed by atoms with Crippen molar-refractivity contribution in [2.75, 3.05) is 6.61 Å². The van der Waals surface area contributed by atoms with E-state index < -0.39 is 0 Å². The zero-order valence-electron chi connectivity index (χ0n) is 7.08. The molecule has 0 aliphatic carbocycles. The van der Waals surface area contributed by atoms with Crippen molar-refractivity contribution in [3.8, 4) is 0 Å². The first-order chi connectivity index (χ1) is 5.36. The highest BCUT2D eigenvalue weighted by Gasteiger charge is 2.19. The van der Waals surface area contributed by atoms with Gasteiger partial charge in [0.15, 0.2) is 0 Å². The molecule has 0 bridgehead atoms. The molecule has 2 nitrogen and oxygen atoms in total. The highest BCUT2D eigenvalue weighted by atomic mass is 16.5. The van der Waals surface area contributed by atoms with E-state index in [0.717, 1.165) is 25.5 Å². The van der Waals surface area contributed by atoms with Crippen molar-refractivity contribution in [2.24, 2.45) is 5.92 Å². The molecule has 0 spiro atoms. The average molecular weight is 156 g/mol. The standard InChI is InChI=1S/C9H16O2/c1-2-3-9-5-4-8(6-10)7-11-9/h6,8-9H,2-5,7H2,1H3. The van der Waals surface area contributed by atoms with Gasteiger partial charge in [-0.2, -0.15) is 0 Å². The number of ether oxygens (including phenoxy) is 1. The Morgan fingerprint density at radius 1 is 1.55 bits per heavy atom. The van der Waals surface area contributed by atoms with Crippen LogP contribution in [0.2, 0.25) is 0 Å². The lowest BCUT2D eigenvalue weighted by Gasteiger charge is -2.25. The molecule has 1 fully saturated rings. The van der Waals surface area contributed by atoms with Gasteiger partial charge in [-0.1, -0.05) is 13.3 Å². The molecule has 0 amide bonds. The van der Waals surface area contributed by atoms with Crippen LogP contribution in [0.3, 0.4) is 0 Å². The molecule has 2 heteroatoms. The van der Waals surface area contributed by atoms with Crippen molar-refractivity contribution >= 4 is 6.29 Å². The fourth-order valence-corrected chi connectivity index (χ4v) is 1.48. The first-order valence-corrected chi connectivity index (χ1v) is 4.43. The van der Waals surface area contributed by atoms with Gasteiger partial charge >= 0.3 is 0 Å². The Morgan fingerprint density at radius 2 is 2.36 bits per heavy atom. The number of aldehydes is 1. The average Bonchev–Trinajstić information content (AvgIpc) is 2.07. The fraction of sp³-hybridized carbons (Fsp3) is 0.889. The maximum absolute atomic E-state index is 10.3. The number of carbonyl (C=O) groups excluding carboxylic acids is 1. The van der Waals surface area contributed by atoms with Gasteiger partial charge in [-0.25, -0.2) is 0 Å². The van der Waals surface area contributed by atoms with E-state index >= 15 is 0 Å². The third-order valence-corrected chi connectivity index (χ3v) is 2.21. The van der Waals surface area contributed by atoms with Crippen LogP contribution in [0.1, 0.15) is 32.6 Å². The van der Waals surface area contributed by atoms with Crippen LogP contribution in [0.5, 0.6) is 0 Å². The van der Waals surface area contributed by atoms with Gasteiger partial charge in [0.25, 0.3) is 0 Å². The molecular weight excluding hydrogens is 140 g/mol. The number of rotatable bonds is 3. The van der Waals surface area contributed by atoms with Crippen molar-refractivity contribution in [3.05, 3.63) is 0 Å². The molecule has 1 rings (SSSR count). The van der Waals surface area contributed by atoms with E-state index in [2.05, 4.69) is 6.92 Å². The van der Waals surface area contributed by atoms with Crippen LogP contribution < -0.4 is 0 Å². The van der Waals surface area contributed by atoms with E-state index in [1.54, 1.807) is 0 Å². The van der Waals surface area contributed by atoms with Gasteiger partial charge in [0.2, 0.25) is 0 Å². The van der Waals surface area contributed by atoms with Crippen LogP contribution in [-0.4, -0.2) is 19.0 Å². The molecule has 64 valence electrons. The summed E-state index contributed by atoms with van der Waals surface area (Å²) in [4.78, 5) is 10.3. The Hall–Kier alpha value is -0.370. The molecular formula is C9H16O2. The minimum absolute atomic E-state index is 0.170. The van der Waals surface area contributed by atoms with E-state index in [0.29, 0.717) is 12.7 Å². The Kier molecular flexibility index (Phi) is 3.57. The molecule has 0 aromatic heterocycles. The lowest BCUT2D eigenvalue weighted by molar-refractivity contribution is -0.117. The second kappa shape index (κ2) is 4.50.